The third kappa shape index (κ3) is 2.64. The van der Waals surface area contributed by atoms with Crippen molar-refractivity contribution in [3.05, 3.63) is 22.7 Å². The topological polar surface area (TPSA) is 49.4 Å². The average Bonchev–Trinajstić information content (AvgIpc) is 2.59. The van der Waals surface area contributed by atoms with Crippen molar-refractivity contribution in [2.24, 2.45) is 5.41 Å². The van der Waals surface area contributed by atoms with Crippen LogP contribution in [0.2, 0.25) is 5.02 Å². The molecule has 0 unspecified atom stereocenters. The second kappa shape index (κ2) is 5.02. The van der Waals surface area contributed by atoms with Gasteiger partial charge in [0.25, 0.3) is 11.7 Å². The van der Waals surface area contributed by atoms with E-state index < -0.39 is 11.7 Å². The van der Waals surface area contributed by atoms with E-state index in [2.05, 4.69) is 24.1 Å². The summed E-state index contributed by atoms with van der Waals surface area (Å²) < 4.78 is 0. The molecule has 0 bridgehead atoms. The number of amides is 1. The Morgan fingerprint density at radius 3 is 2.71 bits per heavy atom. The van der Waals surface area contributed by atoms with Gasteiger partial charge in [-0.25, -0.2) is 0 Å². The zero-order chi connectivity index (χ0) is 15.2. The largest absolute Gasteiger partial charge is 0.370 e. The first kappa shape index (κ1) is 14.4. The Bertz CT molecular complexity index is 625. The Hall–Kier alpha value is -1.55. The summed E-state index contributed by atoms with van der Waals surface area (Å²) in [7, 11) is 0. The van der Waals surface area contributed by atoms with Gasteiger partial charge in [-0.15, -0.1) is 0 Å². The summed E-state index contributed by atoms with van der Waals surface area (Å²) in [4.78, 5) is 25.4. The Morgan fingerprint density at radius 2 is 1.95 bits per heavy atom. The fourth-order valence-corrected chi connectivity index (χ4v) is 3.34. The zero-order valence-corrected chi connectivity index (χ0v) is 13.1. The van der Waals surface area contributed by atoms with Gasteiger partial charge in [-0.05, 0) is 36.8 Å². The van der Waals surface area contributed by atoms with E-state index in [0.717, 1.165) is 31.6 Å². The van der Waals surface area contributed by atoms with Crippen molar-refractivity contribution in [1.29, 1.82) is 0 Å². The molecule has 3 rings (SSSR count). The lowest BCUT2D eigenvalue weighted by Crippen LogP contribution is -2.25. The van der Waals surface area contributed by atoms with Gasteiger partial charge >= 0.3 is 0 Å². The van der Waals surface area contributed by atoms with Crippen LogP contribution in [-0.4, -0.2) is 24.8 Å². The van der Waals surface area contributed by atoms with Gasteiger partial charge in [0.15, 0.2) is 0 Å². The Labute approximate surface area is 129 Å². The van der Waals surface area contributed by atoms with E-state index in [9.17, 15) is 9.59 Å². The van der Waals surface area contributed by atoms with Crippen LogP contribution in [0.25, 0.3) is 0 Å². The standard InChI is InChI=1S/C16H19ClN2O2/c1-16(2)4-3-6-19(7-5-16)13-9-12-10(8-11(13)17)14(20)15(21)18-12/h8-9H,3-7H2,1-2H3,(H,18,20,21). The molecule has 0 spiro atoms. The average molecular weight is 307 g/mol. The SMILES string of the molecule is CC1(C)CCCN(c2cc3c(cc2Cl)C(=O)C(=O)N3)CC1. The van der Waals surface area contributed by atoms with Gasteiger partial charge in [0.05, 0.1) is 22.0 Å². The van der Waals surface area contributed by atoms with Crippen LogP contribution in [0.5, 0.6) is 0 Å². The lowest BCUT2D eigenvalue weighted by Gasteiger charge is -2.26. The number of ketones is 1. The Balaban J connectivity index is 1.92. The predicted molar refractivity (Wildman–Crippen MR) is 84.3 cm³/mol. The monoisotopic (exact) mass is 306 g/mol. The van der Waals surface area contributed by atoms with Crippen molar-refractivity contribution in [3.8, 4) is 0 Å². The van der Waals surface area contributed by atoms with Crippen molar-refractivity contribution in [2.75, 3.05) is 23.3 Å². The number of carbonyl (C=O) groups is 2. The van der Waals surface area contributed by atoms with E-state index >= 15 is 0 Å². The maximum atomic E-state index is 11.7. The number of hydrogen-bond acceptors (Lipinski definition) is 3. The van der Waals surface area contributed by atoms with Crippen LogP contribution in [-0.2, 0) is 4.79 Å². The van der Waals surface area contributed by atoms with Crippen molar-refractivity contribution >= 4 is 34.7 Å². The maximum absolute atomic E-state index is 11.7. The van der Waals surface area contributed by atoms with Crippen LogP contribution >= 0.6 is 11.6 Å². The number of rotatable bonds is 1. The quantitative estimate of drug-likeness (QED) is 0.808. The number of fused-ring (bicyclic) bond motifs is 1. The van der Waals surface area contributed by atoms with Crippen LogP contribution in [0, 0.1) is 5.41 Å². The number of carbonyl (C=O) groups excluding carboxylic acids is 2. The van der Waals surface area contributed by atoms with Crippen LogP contribution in [0.4, 0.5) is 11.4 Å². The molecular weight excluding hydrogens is 288 g/mol. The predicted octanol–water partition coefficient (Wildman–Crippen LogP) is 3.49. The minimum absolute atomic E-state index is 0.349. The van der Waals surface area contributed by atoms with E-state index in [0.29, 0.717) is 21.7 Å². The van der Waals surface area contributed by atoms with Crippen LogP contribution in [0.3, 0.4) is 0 Å². The highest BCUT2D eigenvalue weighted by molar-refractivity contribution is 6.52. The third-order valence-corrected chi connectivity index (χ3v) is 4.77. The third-order valence-electron chi connectivity index (χ3n) is 4.47. The number of anilines is 2. The fourth-order valence-electron chi connectivity index (χ4n) is 3.06. The molecule has 1 saturated heterocycles. The molecule has 21 heavy (non-hydrogen) atoms. The maximum Gasteiger partial charge on any atom is 0.296 e. The van der Waals surface area contributed by atoms with Crippen LogP contribution < -0.4 is 10.2 Å². The Morgan fingerprint density at radius 1 is 1.19 bits per heavy atom. The molecule has 0 saturated carbocycles. The highest BCUT2D eigenvalue weighted by Gasteiger charge is 2.31. The molecule has 0 aliphatic carbocycles. The number of hydrogen-bond donors (Lipinski definition) is 1. The molecule has 0 aromatic heterocycles. The smallest absolute Gasteiger partial charge is 0.296 e. The van der Waals surface area contributed by atoms with E-state index in [1.54, 1.807) is 6.07 Å². The van der Waals surface area contributed by atoms with Gasteiger partial charge in [-0.2, -0.15) is 0 Å². The summed E-state index contributed by atoms with van der Waals surface area (Å²) in [6.07, 6.45) is 3.42. The van der Waals surface area contributed by atoms with E-state index in [1.807, 2.05) is 6.07 Å². The summed E-state index contributed by atoms with van der Waals surface area (Å²) in [5.74, 6) is -1.08. The molecule has 1 aromatic carbocycles. The lowest BCUT2D eigenvalue weighted by molar-refractivity contribution is -0.112. The molecule has 4 nitrogen and oxygen atoms in total. The second-order valence-corrected chi connectivity index (χ2v) is 7.04. The number of Topliss-reactive ketones (excluding diaryl/α,β-unsaturated/α-hetero) is 1. The molecule has 1 N–H and O–H groups in total. The van der Waals surface area contributed by atoms with Crippen molar-refractivity contribution in [3.63, 3.8) is 0 Å². The molecule has 0 radical (unpaired) electrons. The molecule has 1 fully saturated rings. The van der Waals surface area contributed by atoms with Crippen molar-refractivity contribution < 1.29 is 9.59 Å². The molecule has 2 aliphatic rings. The minimum atomic E-state index is -0.574. The van der Waals surface area contributed by atoms with Crippen LogP contribution in [0.15, 0.2) is 12.1 Å². The van der Waals surface area contributed by atoms with E-state index in [-0.39, 0.29) is 0 Å². The number of nitrogens with one attached hydrogen (secondary N) is 1. The number of nitrogens with zero attached hydrogens (tertiary/aromatic N) is 1. The molecule has 0 atom stereocenters. The summed E-state index contributed by atoms with van der Waals surface area (Å²) in [6, 6.07) is 3.45. The summed E-state index contributed by atoms with van der Waals surface area (Å²) in [6.45, 7) is 6.47. The lowest BCUT2D eigenvalue weighted by atomic mass is 9.85. The molecule has 5 heteroatoms. The summed E-state index contributed by atoms with van der Waals surface area (Å²) in [5.41, 5.74) is 2.21. The molecule has 2 aliphatic heterocycles. The van der Waals surface area contributed by atoms with E-state index in [1.165, 1.54) is 6.42 Å². The zero-order valence-electron chi connectivity index (χ0n) is 12.3. The molecule has 2 heterocycles. The first-order valence-electron chi connectivity index (χ1n) is 7.32. The van der Waals surface area contributed by atoms with Crippen molar-refractivity contribution in [2.45, 2.75) is 33.1 Å². The van der Waals surface area contributed by atoms with E-state index in [4.69, 9.17) is 11.6 Å². The van der Waals surface area contributed by atoms with Crippen molar-refractivity contribution in [1.82, 2.24) is 0 Å². The van der Waals surface area contributed by atoms with Crippen LogP contribution in [0.1, 0.15) is 43.5 Å². The highest BCUT2D eigenvalue weighted by Crippen LogP contribution is 2.38. The number of benzene rings is 1. The fraction of sp³-hybridized carbons (Fsp3) is 0.500. The Kier molecular flexibility index (Phi) is 3.44. The van der Waals surface area contributed by atoms with Gasteiger partial charge in [-0.3, -0.25) is 9.59 Å². The second-order valence-electron chi connectivity index (χ2n) is 6.64. The van der Waals surface area contributed by atoms with Gasteiger partial charge in [0, 0.05) is 13.1 Å². The van der Waals surface area contributed by atoms with Gasteiger partial charge in [0.2, 0.25) is 0 Å². The summed E-state index contributed by atoms with van der Waals surface area (Å²) in [5, 5.41) is 3.15. The highest BCUT2D eigenvalue weighted by atomic mass is 35.5. The molecular formula is C16H19ClN2O2. The summed E-state index contributed by atoms with van der Waals surface area (Å²) >= 11 is 6.35. The molecule has 112 valence electrons. The molecule has 1 aromatic rings. The van der Waals surface area contributed by atoms with Gasteiger partial charge < -0.3 is 10.2 Å². The minimum Gasteiger partial charge on any atom is -0.370 e. The van der Waals surface area contributed by atoms with Gasteiger partial charge in [-0.1, -0.05) is 25.4 Å². The number of halogens is 1. The first-order valence-corrected chi connectivity index (χ1v) is 7.69. The molecule has 1 amide bonds. The normalized spacial score (nSPS) is 21.0. The van der Waals surface area contributed by atoms with Gasteiger partial charge in [0.1, 0.15) is 0 Å². The first-order chi connectivity index (χ1) is 9.87.